The van der Waals surface area contributed by atoms with Gasteiger partial charge in [0.25, 0.3) is 0 Å². The molecule has 0 saturated heterocycles. The van der Waals surface area contributed by atoms with Crippen molar-refractivity contribution in [3.63, 3.8) is 0 Å². The zero-order valence-corrected chi connectivity index (χ0v) is 22.0. The van der Waals surface area contributed by atoms with E-state index in [1.807, 2.05) is 42.5 Å². The predicted octanol–water partition coefficient (Wildman–Crippen LogP) is 5.72. The van der Waals surface area contributed by atoms with E-state index in [9.17, 15) is 9.59 Å². The Morgan fingerprint density at radius 3 is 2.52 bits per heavy atom. The second-order valence-corrected chi connectivity index (χ2v) is 10.2. The third-order valence-corrected chi connectivity index (χ3v) is 6.30. The number of ether oxygens (including phenoxy) is 1. The summed E-state index contributed by atoms with van der Waals surface area (Å²) in [6.07, 6.45) is 3.19. The minimum Gasteiger partial charge on any atom is -0.454 e. The molecule has 0 spiro atoms. The fraction of sp³-hybridized carbons (Fsp3) is 0.138. The number of carbonyl (C=O) groups is 1. The van der Waals surface area contributed by atoms with Gasteiger partial charge in [-0.2, -0.15) is 5.10 Å². The Labute approximate surface area is 228 Å². The van der Waals surface area contributed by atoms with Gasteiger partial charge in [-0.25, -0.2) is 19.3 Å². The fourth-order valence-electron chi connectivity index (χ4n) is 4.32. The molecule has 0 fully saturated rings. The number of amides is 2. The first kappa shape index (κ1) is 24.9. The SMILES string of the molecule is CC(C)(C)c1cc(NC(=O)Nc2ccc(Oc3ccnc4[nH]c(=O)[nH]c34)c3cccnc23)n(-c2ccccc2)n1. The maximum absolute atomic E-state index is 13.2. The van der Waals surface area contributed by atoms with Crippen LogP contribution in [0.4, 0.5) is 16.3 Å². The van der Waals surface area contributed by atoms with Crippen LogP contribution < -0.4 is 21.1 Å². The lowest BCUT2D eigenvalue weighted by Gasteiger charge is -2.14. The summed E-state index contributed by atoms with van der Waals surface area (Å²) in [6, 6.07) is 19.8. The highest BCUT2D eigenvalue weighted by Gasteiger charge is 2.22. The summed E-state index contributed by atoms with van der Waals surface area (Å²) in [6.45, 7) is 6.21. The second-order valence-electron chi connectivity index (χ2n) is 10.2. The molecule has 2 amide bonds. The Balaban J connectivity index is 1.30. The molecule has 4 aromatic heterocycles. The van der Waals surface area contributed by atoms with E-state index in [2.05, 4.69) is 51.3 Å². The highest BCUT2D eigenvalue weighted by atomic mass is 16.5. The number of H-pyrrole nitrogens is 2. The molecule has 200 valence electrons. The third-order valence-electron chi connectivity index (χ3n) is 6.30. The molecule has 4 N–H and O–H groups in total. The summed E-state index contributed by atoms with van der Waals surface area (Å²) in [4.78, 5) is 39.0. The molecular formula is C29H26N8O3. The van der Waals surface area contributed by atoms with Crippen LogP contribution >= 0.6 is 0 Å². The quantitative estimate of drug-likeness (QED) is 0.223. The molecule has 0 saturated carbocycles. The Hall–Kier alpha value is -5.45. The standard InChI is InChI=1S/C29H26N8O3/c1-29(2,3)22-16-23(37(36-22)17-8-5-4-6-9-17)33-27(38)32-19-11-12-20(18-10-7-14-30-24(18)19)40-21-13-15-31-26-25(21)34-28(39)35-26/h4-16H,1-3H3,(H2,32,33,38)(H2,31,34,35,39). The minimum atomic E-state index is -0.445. The van der Waals surface area contributed by atoms with Crippen molar-refractivity contribution in [2.75, 3.05) is 10.6 Å². The van der Waals surface area contributed by atoms with Crippen LogP contribution in [-0.2, 0) is 5.41 Å². The predicted molar refractivity (Wildman–Crippen MR) is 153 cm³/mol. The molecule has 2 aromatic carbocycles. The number of hydrogen-bond acceptors (Lipinski definition) is 6. The first-order valence-corrected chi connectivity index (χ1v) is 12.6. The van der Waals surface area contributed by atoms with Crippen LogP contribution in [0.2, 0.25) is 0 Å². The van der Waals surface area contributed by atoms with Gasteiger partial charge in [-0.3, -0.25) is 15.3 Å². The number of nitrogens with one attached hydrogen (secondary N) is 4. The van der Waals surface area contributed by atoms with Gasteiger partial charge in [0.1, 0.15) is 17.1 Å². The third kappa shape index (κ3) is 4.75. The summed E-state index contributed by atoms with van der Waals surface area (Å²) in [5.41, 5.74) is 2.97. The van der Waals surface area contributed by atoms with E-state index in [4.69, 9.17) is 9.84 Å². The lowest BCUT2D eigenvalue weighted by molar-refractivity contribution is 0.262. The Bertz CT molecular complexity index is 1920. The van der Waals surface area contributed by atoms with Crippen molar-refractivity contribution in [1.82, 2.24) is 29.7 Å². The molecule has 0 aliphatic carbocycles. The topological polar surface area (TPSA) is 143 Å². The summed E-state index contributed by atoms with van der Waals surface area (Å²) >= 11 is 0. The van der Waals surface area contributed by atoms with Gasteiger partial charge in [0.05, 0.1) is 22.6 Å². The number of pyridine rings is 2. The number of carbonyl (C=O) groups excluding carboxylic acids is 1. The smallest absolute Gasteiger partial charge is 0.325 e. The molecule has 11 nitrogen and oxygen atoms in total. The van der Waals surface area contributed by atoms with Gasteiger partial charge in [0.2, 0.25) is 0 Å². The molecule has 0 radical (unpaired) electrons. The zero-order valence-electron chi connectivity index (χ0n) is 22.0. The summed E-state index contributed by atoms with van der Waals surface area (Å²) in [7, 11) is 0. The molecule has 40 heavy (non-hydrogen) atoms. The molecular weight excluding hydrogens is 508 g/mol. The van der Waals surface area contributed by atoms with Crippen molar-refractivity contribution in [2.45, 2.75) is 26.2 Å². The van der Waals surface area contributed by atoms with Gasteiger partial charge in [-0.05, 0) is 36.4 Å². The molecule has 0 atom stereocenters. The number of anilines is 2. The number of benzene rings is 2. The van der Waals surface area contributed by atoms with E-state index < -0.39 is 6.03 Å². The summed E-state index contributed by atoms with van der Waals surface area (Å²) in [5, 5.41) is 11.3. The lowest BCUT2D eigenvalue weighted by Crippen LogP contribution is -2.21. The monoisotopic (exact) mass is 534 g/mol. The van der Waals surface area contributed by atoms with Gasteiger partial charge < -0.3 is 15.0 Å². The largest absolute Gasteiger partial charge is 0.454 e. The Morgan fingerprint density at radius 1 is 0.900 bits per heavy atom. The first-order chi connectivity index (χ1) is 19.3. The van der Waals surface area contributed by atoms with Crippen molar-refractivity contribution >= 4 is 39.6 Å². The van der Waals surface area contributed by atoms with Crippen LogP contribution in [0.1, 0.15) is 26.5 Å². The van der Waals surface area contributed by atoms with Gasteiger partial charge in [-0.1, -0.05) is 39.0 Å². The number of para-hydroxylation sites is 1. The second kappa shape index (κ2) is 9.70. The van der Waals surface area contributed by atoms with Crippen LogP contribution in [0, 0.1) is 0 Å². The maximum atomic E-state index is 13.2. The van der Waals surface area contributed by atoms with E-state index in [-0.39, 0.29) is 11.1 Å². The van der Waals surface area contributed by atoms with E-state index in [0.717, 1.165) is 11.4 Å². The van der Waals surface area contributed by atoms with E-state index in [1.165, 1.54) is 0 Å². The fourth-order valence-corrected chi connectivity index (χ4v) is 4.32. The highest BCUT2D eigenvalue weighted by molar-refractivity contribution is 6.06. The van der Waals surface area contributed by atoms with Gasteiger partial charge in [0.15, 0.2) is 11.4 Å². The molecule has 11 heteroatoms. The van der Waals surface area contributed by atoms with Crippen molar-refractivity contribution in [1.29, 1.82) is 0 Å². The van der Waals surface area contributed by atoms with Crippen molar-refractivity contribution < 1.29 is 9.53 Å². The minimum absolute atomic E-state index is 0.212. The molecule has 6 aromatic rings. The van der Waals surface area contributed by atoms with Gasteiger partial charge in [-0.15, -0.1) is 0 Å². The average molecular weight is 535 g/mol. The van der Waals surface area contributed by atoms with Crippen molar-refractivity contribution in [3.05, 3.63) is 95.3 Å². The zero-order chi connectivity index (χ0) is 27.9. The van der Waals surface area contributed by atoms with Crippen LogP contribution in [-0.4, -0.2) is 35.7 Å². The van der Waals surface area contributed by atoms with Crippen molar-refractivity contribution in [3.8, 4) is 17.2 Å². The maximum Gasteiger partial charge on any atom is 0.325 e. The highest BCUT2D eigenvalue weighted by Crippen LogP contribution is 2.35. The number of imidazole rings is 1. The number of rotatable bonds is 5. The number of aromatic amines is 2. The van der Waals surface area contributed by atoms with Crippen LogP contribution in [0.25, 0.3) is 27.8 Å². The van der Waals surface area contributed by atoms with E-state index in [1.54, 1.807) is 41.3 Å². The van der Waals surface area contributed by atoms with E-state index >= 15 is 0 Å². The summed E-state index contributed by atoms with van der Waals surface area (Å²) in [5.74, 6) is 1.46. The number of fused-ring (bicyclic) bond motifs is 2. The molecule has 0 aliphatic heterocycles. The van der Waals surface area contributed by atoms with E-state index in [0.29, 0.717) is 45.1 Å². The van der Waals surface area contributed by atoms with Gasteiger partial charge >= 0.3 is 11.7 Å². The van der Waals surface area contributed by atoms with Gasteiger partial charge in [0, 0.05) is 35.3 Å². The number of urea groups is 1. The Kier molecular flexibility index (Phi) is 6.03. The molecule has 0 unspecified atom stereocenters. The van der Waals surface area contributed by atoms with Crippen molar-refractivity contribution in [2.24, 2.45) is 0 Å². The van der Waals surface area contributed by atoms with Crippen LogP contribution in [0.3, 0.4) is 0 Å². The van der Waals surface area contributed by atoms with Crippen LogP contribution in [0.5, 0.6) is 11.5 Å². The number of aromatic nitrogens is 6. The number of hydrogen-bond donors (Lipinski definition) is 4. The molecule has 0 aliphatic rings. The summed E-state index contributed by atoms with van der Waals surface area (Å²) < 4.78 is 7.88. The first-order valence-electron chi connectivity index (χ1n) is 12.6. The van der Waals surface area contributed by atoms with Crippen LogP contribution in [0.15, 0.2) is 83.9 Å². The average Bonchev–Trinajstić information content (AvgIpc) is 3.54. The molecule has 6 rings (SSSR count). The lowest BCUT2D eigenvalue weighted by atomic mass is 9.92. The molecule has 0 bridgehead atoms. The number of nitrogens with zero attached hydrogens (tertiary/aromatic N) is 4. The Morgan fingerprint density at radius 2 is 1.73 bits per heavy atom. The normalized spacial score (nSPS) is 11.6. The molecule has 4 heterocycles.